The molecule has 3 rings (SSSR count). The minimum absolute atomic E-state index is 0.0732. The van der Waals surface area contributed by atoms with E-state index in [0.29, 0.717) is 17.0 Å². The van der Waals surface area contributed by atoms with Crippen molar-refractivity contribution in [2.75, 3.05) is 26.2 Å². The Morgan fingerprint density at radius 2 is 1.96 bits per heavy atom. The van der Waals surface area contributed by atoms with Gasteiger partial charge in [0.05, 0.1) is 0 Å². The second-order valence-electron chi connectivity index (χ2n) is 7.11. The molecule has 2 heterocycles. The average Bonchev–Trinajstić information content (AvgIpc) is 2.60. The molecule has 1 aromatic rings. The molecule has 0 bridgehead atoms. The van der Waals surface area contributed by atoms with E-state index in [9.17, 15) is 9.59 Å². The van der Waals surface area contributed by atoms with Crippen LogP contribution >= 0.6 is 11.6 Å². The molecular formula is C19H25ClN2O2. The molecule has 0 unspecified atom stereocenters. The molecule has 2 saturated heterocycles. The molecule has 2 amide bonds. The Morgan fingerprint density at radius 3 is 2.62 bits per heavy atom. The van der Waals surface area contributed by atoms with Crippen molar-refractivity contribution < 1.29 is 9.59 Å². The van der Waals surface area contributed by atoms with E-state index in [1.165, 1.54) is 0 Å². The van der Waals surface area contributed by atoms with E-state index in [1.807, 2.05) is 41.8 Å². The monoisotopic (exact) mass is 348 g/mol. The van der Waals surface area contributed by atoms with E-state index in [4.69, 9.17) is 11.6 Å². The number of halogens is 1. The lowest BCUT2D eigenvalue weighted by atomic mass is 9.72. The molecule has 24 heavy (non-hydrogen) atoms. The van der Waals surface area contributed by atoms with Gasteiger partial charge in [0.1, 0.15) is 0 Å². The van der Waals surface area contributed by atoms with Gasteiger partial charge in [-0.1, -0.05) is 17.7 Å². The highest BCUT2D eigenvalue weighted by atomic mass is 35.5. The van der Waals surface area contributed by atoms with E-state index < -0.39 is 0 Å². The van der Waals surface area contributed by atoms with E-state index in [2.05, 4.69) is 0 Å². The number of rotatable bonds is 2. The van der Waals surface area contributed by atoms with Crippen molar-refractivity contribution in [1.29, 1.82) is 0 Å². The summed E-state index contributed by atoms with van der Waals surface area (Å²) in [5.41, 5.74) is 1.75. The predicted molar refractivity (Wildman–Crippen MR) is 95.2 cm³/mol. The molecule has 0 radical (unpaired) electrons. The third-order valence-electron chi connectivity index (χ3n) is 5.74. The highest BCUT2D eigenvalue weighted by molar-refractivity contribution is 6.31. The van der Waals surface area contributed by atoms with Crippen LogP contribution in [-0.4, -0.2) is 47.8 Å². The lowest BCUT2D eigenvalue weighted by molar-refractivity contribution is -0.138. The first-order chi connectivity index (χ1) is 11.5. The summed E-state index contributed by atoms with van der Waals surface area (Å²) in [7, 11) is 0. The van der Waals surface area contributed by atoms with Crippen molar-refractivity contribution in [3.63, 3.8) is 0 Å². The number of amides is 2. The Morgan fingerprint density at radius 1 is 1.25 bits per heavy atom. The van der Waals surface area contributed by atoms with Crippen LogP contribution in [0, 0.1) is 12.3 Å². The van der Waals surface area contributed by atoms with Gasteiger partial charge in [0.25, 0.3) is 5.91 Å². The van der Waals surface area contributed by atoms with E-state index in [0.717, 1.165) is 51.0 Å². The summed E-state index contributed by atoms with van der Waals surface area (Å²) < 4.78 is 0. The Kier molecular flexibility index (Phi) is 4.86. The third-order valence-corrected chi connectivity index (χ3v) is 6.15. The summed E-state index contributed by atoms with van der Waals surface area (Å²) in [4.78, 5) is 28.7. The Balaban J connectivity index is 1.68. The number of nitrogens with zero attached hydrogens (tertiary/aromatic N) is 2. The van der Waals surface area contributed by atoms with Gasteiger partial charge in [-0.05, 0) is 56.2 Å². The number of carbonyl (C=O) groups is 2. The molecule has 5 heteroatoms. The number of hydrogen-bond donors (Lipinski definition) is 0. The summed E-state index contributed by atoms with van der Waals surface area (Å²) in [6, 6.07) is 5.50. The van der Waals surface area contributed by atoms with Crippen molar-refractivity contribution in [2.45, 2.75) is 39.5 Å². The number of piperidine rings is 2. The molecule has 130 valence electrons. The fourth-order valence-electron chi connectivity index (χ4n) is 3.99. The fraction of sp³-hybridized carbons (Fsp3) is 0.579. The van der Waals surface area contributed by atoms with Crippen LogP contribution in [0.2, 0.25) is 5.02 Å². The second-order valence-corrected chi connectivity index (χ2v) is 7.52. The van der Waals surface area contributed by atoms with Gasteiger partial charge in [-0.25, -0.2) is 0 Å². The van der Waals surface area contributed by atoms with E-state index in [-0.39, 0.29) is 17.2 Å². The standard InChI is InChI=1S/C19H25ClN2O2/c1-3-21-13-19(8-7-17(21)23)9-11-22(12-10-19)18(24)15-5-4-6-16(20)14(15)2/h4-6H,3,7-13H2,1-2H3. The summed E-state index contributed by atoms with van der Waals surface area (Å²) in [5.74, 6) is 0.347. The lowest BCUT2D eigenvalue weighted by Gasteiger charge is -2.47. The topological polar surface area (TPSA) is 40.6 Å². The maximum absolute atomic E-state index is 12.8. The molecule has 0 aliphatic carbocycles. The van der Waals surface area contributed by atoms with Gasteiger partial charge in [0.2, 0.25) is 5.91 Å². The summed E-state index contributed by atoms with van der Waals surface area (Å²) in [6.45, 7) is 7.09. The Labute approximate surface area is 148 Å². The molecule has 2 aliphatic rings. The predicted octanol–water partition coefficient (Wildman–Crippen LogP) is 3.51. The lowest BCUT2D eigenvalue weighted by Crippen LogP contribution is -2.52. The van der Waals surface area contributed by atoms with Crippen LogP contribution in [0.4, 0.5) is 0 Å². The SMILES string of the molecule is CCN1CC2(CCC1=O)CCN(C(=O)c1cccc(Cl)c1C)CC2. The fourth-order valence-corrected chi connectivity index (χ4v) is 4.17. The second kappa shape index (κ2) is 6.75. The quantitative estimate of drug-likeness (QED) is 0.820. The summed E-state index contributed by atoms with van der Waals surface area (Å²) in [6.07, 6.45) is 3.56. The smallest absolute Gasteiger partial charge is 0.254 e. The molecule has 0 atom stereocenters. The van der Waals surface area contributed by atoms with Crippen LogP contribution in [0.3, 0.4) is 0 Å². The summed E-state index contributed by atoms with van der Waals surface area (Å²) in [5, 5.41) is 0.638. The number of carbonyl (C=O) groups excluding carboxylic acids is 2. The van der Waals surface area contributed by atoms with Crippen LogP contribution in [0.1, 0.15) is 48.5 Å². The van der Waals surface area contributed by atoms with Gasteiger partial charge in [0, 0.05) is 43.2 Å². The molecular weight excluding hydrogens is 324 g/mol. The van der Waals surface area contributed by atoms with Crippen molar-refractivity contribution in [2.24, 2.45) is 5.41 Å². The Bertz CT molecular complexity index is 651. The highest BCUT2D eigenvalue weighted by Crippen LogP contribution is 2.40. The van der Waals surface area contributed by atoms with Gasteiger partial charge >= 0.3 is 0 Å². The van der Waals surface area contributed by atoms with Gasteiger partial charge in [-0.15, -0.1) is 0 Å². The first-order valence-electron chi connectivity index (χ1n) is 8.78. The molecule has 0 aromatic heterocycles. The molecule has 1 aromatic carbocycles. The van der Waals surface area contributed by atoms with Gasteiger partial charge in [0.15, 0.2) is 0 Å². The zero-order valence-corrected chi connectivity index (χ0v) is 15.2. The molecule has 1 spiro atoms. The normalized spacial score (nSPS) is 20.5. The average molecular weight is 349 g/mol. The Hall–Kier alpha value is -1.55. The first-order valence-corrected chi connectivity index (χ1v) is 9.16. The minimum Gasteiger partial charge on any atom is -0.342 e. The van der Waals surface area contributed by atoms with Gasteiger partial charge in [-0.2, -0.15) is 0 Å². The maximum atomic E-state index is 12.8. The first kappa shape index (κ1) is 17.3. The van der Waals surface area contributed by atoms with Crippen LogP contribution in [0.25, 0.3) is 0 Å². The number of hydrogen-bond acceptors (Lipinski definition) is 2. The van der Waals surface area contributed by atoms with E-state index in [1.54, 1.807) is 0 Å². The van der Waals surface area contributed by atoms with Crippen LogP contribution in [0.5, 0.6) is 0 Å². The van der Waals surface area contributed by atoms with Crippen molar-refractivity contribution in [3.8, 4) is 0 Å². The van der Waals surface area contributed by atoms with Crippen molar-refractivity contribution in [1.82, 2.24) is 9.80 Å². The number of benzene rings is 1. The van der Waals surface area contributed by atoms with E-state index >= 15 is 0 Å². The minimum atomic E-state index is 0.0732. The van der Waals surface area contributed by atoms with Gasteiger partial charge in [-0.3, -0.25) is 9.59 Å². The zero-order chi connectivity index (χ0) is 17.3. The largest absolute Gasteiger partial charge is 0.342 e. The third kappa shape index (κ3) is 3.16. The highest BCUT2D eigenvalue weighted by Gasteiger charge is 2.41. The van der Waals surface area contributed by atoms with Crippen LogP contribution in [-0.2, 0) is 4.79 Å². The molecule has 2 aliphatic heterocycles. The maximum Gasteiger partial charge on any atom is 0.254 e. The van der Waals surface area contributed by atoms with Crippen LogP contribution < -0.4 is 0 Å². The van der Waals surface area contributed by atoms with Crippen molar-refractivity contribution in [3.05, 3.63) is 34.3 Å². The zero-order valence-electron chi connectivity index (χ0n) is 14.5. The molecule has 0 N–H and O–H groups in total. The van der Waals surface area contributed by atoms with Crippen molar-refractivity contribution >= 4 is 23.4 Å². The molecule has 2 fully saturated rings. The van der Waals surface area contributed by atoms with Gasteiger partial charge < -0.3 is 9.80 Å². The van der Waals surface area contributed by atoms with Crippen LogP contribution in [0.15, 0.2) is 18.2 Å². The molecule has 0 saturated carbocycles. The number of likely N-dealkylation sites (tertiary alicyclic amines) is 2. The summed E-state index contributed by atoms with van der Waals surface area (Å²) >= 11 is 6.15. The molecule has 4 nitrogen and oxygen atoms in total.